The van der Waals surface area contributed by atoms with Gasteiger partial charge in [0.05, 0.1) is 24.4 Å². The number of hydrogen-bond acceptors (Lipinski definition) is 7. The zero-order valence-corrected chi connectivity index (χ0v) is 19.5. The fourth-order valence-corrected chi connectivity index (χ4v) is 4.99. The third kappa shape index (κ3) is 4.45. The molecule has 5 rings (SSSR count). The Morgan fingerprint density at radius 1 is 1.06 bits per heavy atom. The lowest BCUT2D eigenvalue weighted by molar-refractivity contribution is -0.125. The number of halogens is 1. The lowest BCUT2D eigenvalue weighted by atomic mass is 9.91. The molecule has 0 bridgehead atoms. The Morgan fingerprint density at radius 2 is 1.69 bits per heavy atom. The first kappa shape index (κ1) is 23.2. The van der Waals surface area contributed by atoms with E-state index in [4.69, 9.17) is 17.3 Å². The molecule has 180 valence electrons. The van der Waals surface area contributed by atoms with Crippen molar-refractivity contribution in [1.29, 1.82) is 0 Å². The number of nitrogens with one attached hydrogen (secondary N) is 1. The zero-order chi connectivity index (χ0) is 24.5. The number of amides is 1. The third-order valence-corrected chi connectivity index (χ3v) is 6.82. The molecule has 2 aromatic carbocycles. The summed E-state index contributed by atoms with van der Waals surface area (Å²) < 4.78 is 1.62. The van der Waals surface area contributed by atoms with Crippen molar-refractivity contribution < 1.29 is 15.0 Å². The number of anilines is 1. The van der Waals surface area contributed by atoms with Crippen LogP contribution in [0.2, 0.25) is 5.28 Å². The Labute approximate surface area is 206 Å². The number of aromatic nitrogens is 4. The second-order valence-electron chi connectivity index (χ2n) is 8.71. The smallest absolute Gasteiger partial charge is 0.226 e. The fraction of sp³-hybridized carbons (Fsp3) is 0.280. The van der Waals surface area contributed by atoms with E-state index in [1.165, 1.54) is 6.33 Å². The molecular weight excluding hydrogens is 468 g/mol. The standard InChI is InChI=1S/C25H25ClN6O3/c26-25-30-23(28-12-17(14-7-3-1-4-8-14)15-9-5-2-6-10-15)19-24(31-25)32(13-29-19)18-11-16(22(27)35)20(33)21(18)34/h1-10,13,16-18,20-21,33-34H,11-12H2,(H2,27,35)(H,28,30,31)/t16-,18+,20+,21-/m0/s1. The fourth-order valence-electron chi connectivity index (χ4n) is 4.82. The average molecular weight is 493 g/mol. The number of carbonyl (C=O) groups is 1. The van der Waals surface area contributed by atoms with Crippen molar-refractivity contribution in [3.8, 4) is 0 Å². The number of rotatable bonds is 7. The second-order valence-corrected chi connectivity index (χ2v) is 9.05. The van der Waals surface area contributed by atoms with Crippen LogP contribution < -0.4 is 11.1 Å². The molecule has 2 aromatic heterocycles. The van der Waals surface area contributed by atoms with E-state index in [9.17, 15) is 15.0 Å². The number of carbonyl (C=O) groups excluding carboxylic acids is 1. The lowest BCUT2D eigenvalue weighted by Crippen LogP contribution is -2.35. The molecule has 0 saturated heterocycles. The number of primary amides is 1. The molecule has 10 heteroatoms. The van der Waals surface area contributed by atoms with Crippen LogP contribution in [-0.4, -0.2) is 54.4 Å². The maximum absolute atomic E-state index is 11.7. The summed E-state index contributed by atoms with van der Waals surface area (Å²) in [5.41, 5.74) is 8.56. The molecule has 0 aliphatic heterocycles. The molecule has 4 atom stereocenters. The van der Waals surface area contributed by atoms with Gasteiger partial charge in [-0.05, 0) is 29.1 Å². The largest absolute Gasteiger partial charge is 0.390 e. The molecule has 0 radical (unpaired) electrons. The van der Waals surface area contributed by atoms with E-state index in [-0.39, 0.29) is 17.6 Å². The number of imidazole rings is 1. The summed E-state index contributed by atoms with van der Waals surface area (Å²) in [4.78, 5) is 24.8. The molecule has 0 spiro atoms. The predicted molar refractivity (Wildman–Crippen MR) is 132 cm³/mol. The minimum Gasteiger partial charge on any atom is -0.390 e. The van der Waals surface area contributed by atoms with Gasteiger partial charge in [-0.1, -0.05) is 60.7 Å². The van der Waals surface area contributed by atoms with Crippen molar-refractivity contribution in [1.82, 2.24) is 19.5 Å². The predicted octanol–water partition coefficient (Wildman–Crippen LogP) is 2.49. The molecular formula is C25H25ClN6O3. The molecule has 1 saturated carbocycles. The first-order valence-corrected chi connectivity index (χ1v) is 11.7. The van der Waals surface area contributed by atoms with Crippen molar-refractivity contribution in [2.45, 2.75) is 30.6 Å². The summed E-state index contributed by atoms with van der Waals surface area (Å²) in [7, 11) is 0. The Bertz CT molecular complexity index is 1290. The number of nitrogens with zero attached hydrogens (tertiary/aromatic N) is 4. The number of aliphatic hydroxyl groups is 2. The maximum atomic E-state index is 11.7. The monoisotopic (exact) mass is 492 g/mol. The quantitative estimate of drug-likeness (QED) is 0.290. The van der Waals surface area contributed by atoms with E-state index in [0.717, 1.165) is 11.1 Å². The van der Waals surface area contributed by atoms with Gasteiger partial charge in [-0.15, -0.1) is 0 Å². The van der Waals surface area contributed by atoms with Gasteiger partial charge in [-0.2, -0.15) is 9.97 Å². The number of fused-ring (bicyclic) bond motifs is 1. The van der Waals surface area contributed by atoms with Gasteiger partial charge < -0.3 is 25.8 Å². The molecule has 1 fully saturated rings. The van der Waals surface area contributed by atoms with Gasteiger partial charge in [-0.3, -0.25) is 4.79 Å². The first-order valence-electron chi connectivity index (χ1n) is 11.3. The SMILES string of the molecule is NC(=O)[C@H]1C[C@@H](n2cnc3c(NCC(c4ccccc4)c4ccccc4)nc(Cl)nc32)[C@H](O)[C@@H]1O. The van der Waals surface area contributed by atoms with Crippen LogP contribution in [0.15, 0.2) is 67.0 Å². The summed E-state index contributed by atoms with van der Waals surface area (Å²) >= 11 is 6.26. The highest BCUT2D eigenvalue weighted by molar-refractivity contribution is 6.28. The molecule has 1 aliphatic rings. The van der Waals surface area contributed by atoms with Gasteiger partial charge in [-0.25, -0.2) is 4.98 Å². The number of nitrogens with two attached hydrogens (primary N) is 1. The Hall–Kier alpha value is -3.53. The van der Waals surface area contributed by atoms with Gasteiger partial charge in [0.1, 0.15) is 6.10 Å². The van der Waals surface area contributed by atoms with Crippen molar-refractivity contribution in [2.24, 2.45) is 11.7 Å². The molecule has 35 heavy (non-hydrogen) atoms. The number of aliphatic hydroxyl groups excluding tert-OH is 2. The number of hydrogen-bond donors (Lipinski definition) is 4. The zero-order valence-electron chi connectivity index (χ0n) is 18.7. The van der Waals surface area contributed by atoms with Gasteiger partial charge in [0, 0.05) is 12.5 Å². The van der Waals surface area contributed by atoms with E-state index < -0.39 is 30.1 Å². The van der Waals surface area contributed by atoms with Crippen LogP contribution in [-0.2, 0) is 4.79 Å². The van der Waals surface area contributed by atoms with E-state index in [0.29, 0.717) is 23.5 Å². The summed E-state index contributed by atoms with van der Waals surface area (Å²) in [5, 5.41) is 24.3. The van der Waals surface area contributed by atoms with Crippen molar-refractivity contribution in [3.05, 3.63) is 83.4 Å². The van der Waals surface area contributed by atoms with Gasteiger partial charge in [0.15, 0.2) is 17.0 Å². The molecule has 1 amide bonds. The molecule has 5 N–H and O–H groups in total. The van der Waals surface area contributed by atoms with Crippen LogP contribution in [0.5, 0.6) is 0 Å². The molecule has 0 unspecified atom stereocenters. The minimum absolute atomic E-state index is 0.0113. The van der Waals surface area contributed by atoms with E-state index in [1.807, 2.05) is 36.4 Å². The Kier molecular flexibility index (Phi) is 6.38. The van der Waals surface area contributed by atoms with Crippen LogP contribution in [0.1, 0.15) is 29.5 Å². The van der Waals surface area contributed by atoms with Gasteiger partial charge in [0.25, 0.3) is 0 Å². The molecule has 1 aliphatic carbocycles. The summed E-state index contributed by atoms with van der Waals surface area (Å²) in [6.07, 6.45) is -0.785. The summed E-state index contributed by atoms with van der Waals surface area (Å²) in [6.45, 7) is 0.526. The third-order valence-electron chi connectivity index (χ3n) is 6.65. The van der Waals surface area contributed by atoms with Crippen LogP contribution in [0.3, 0.4) is 0 Å². The molecule has 4 aromatic rings. The summed E-state index contributed by atoms with van der Waals surface area (Å²) in [6, 6.07) is 19.7. The van der Waals surface area contributed by atoms with Crippen LogP contribution in [0.25, 0.3) is 11.2 Å². The Morgan fingerprint density at radius 3 is 2.26 bits per heavy atom. The van der Waals surface area contributed by atoms with Gasteiger partial charge in [0.2, 0.25) is 11.2 Å². The van der Waals surface area contributed by atoms with Crippen molar-refractivity contribution in [2.75, 3.05) is 11.9 Å². The van der Waals surface area contributed by atoms with Crippen LogP contribution in [0.4, 0.5) is 5.82 Å². The van der Waals surface area contributed by atoms with E-state index in [1.54, 1.807) is 4.57 Å². The molecule has 2 heterocycles. The van der Waals surface area contributed by atoms with E-state index >= 15 is 0 Å². The highest BCUT2D eigenvalue weighted by Crippen LogP contribution is 2.37. The van der Waals surface area contributed by atoms with Crippen LogP contribution in [0, 0.1) is 5.92 Å². The number of benzene rings is 2. The highest BCUT2D eigenvalue weighted by atomic mass is 35.5. The maximum Gasteiger partial charge on any atom is 0.226 e. The first-order chi connectivity index (χ1) is 16.9. The lowest BCUT2D eigenvalue weighted by Gasteiger charge is -2.20. The minimum atomic E-state index is -1.26. The van der Waals surface area contributed by atoms with E-state index in [2.05, 4.69) is 44.5 Å². The highest BCUT2D eigenvalue weighted by Gasteiger charge is 2.45. The second kappa shape index (κ2) is 9.61. The van der Waals surface area contributed by atoms with Crippen LogP contribution >= 0.6 is 11.6 Å². The topological polar surface area (TPSA) is 139 Å². The normalized spacial score (nSPS) is 22.1. The summed E-state index contributed by atoms with van der Waals surface area (Å²) in [5.74, 6) is -1.02. The average Bonchev–Trinajstić information content (AvgIpc) is 3.41. The van der Waals surface area contributed by atoms with Gasteiger partial charge >= 0.3 is 0 Å². The Balaban J connectivity index is 1.47. The molecule has 9 nitrogen and oxygen atoms in total. The van der Waals surface area contributed by atoms with Crippen molar-refractivity contribution in [3.63, 3.8) is 0 Å². The van der Waals surface area contributed by atoms with Crippen molar-refractivity contribution >= 4 is 34.5 Å².